The second-order valence-corrected chi connectivity index (χ2v) is 7.15. The Labute approximate surface area is 167 Å². The van der Waals surface area contributed by atoms with Crippen LogP contribution >= 0.6 is 0 Å². The van der Waals surface area contributed by atoms with E-state index in [0.717, 1.165) is 24.2 Å². The summed E-state index contributed by atoms with van der Waals surface area (Å²) in [7, 11) is 0. The number of amides is 2. The van der Waals surface area contributed by atoms with Crippen molar-refractivity contribution in [2.45, 2.75) is 32.4 Å². The van der Waals surface area contributed by atoms with E-state index in [0.29, 0.717) is 25.9 Å². The molecule has 2 amide bonds. The van der Waals surface area contributed by atoms with Crippen LogP contribution in [-0.2, 0) is 16.1 Å². The van der Waals surface area contributed by atoms with Crippen LogP contribution in [0.25, 0.3) is 0 Å². The summed E-state index contributed by atoms with van der Waals surface area (Å²) in [5.41, 5.74) is 2.09. The average Bonchev–Trinajstić information content (AvgIpc) is 2.74. The number of likely N-dealkylation sites (N-methyl/N-ethyl adjacent to an activating group) is 1. The molecule has 1 saturated heterocycles. The Kier molecular flexibility index (Phi) is 7.20. The van der Waals surface area contributed by atoms with E-state index in [2.05, 4.69) is 10.6 Å². The van der Waals surface area contributed by atoms with Crippen LogP contribution in [0.4, 0.5) is 0 Å². The molecule has 28 heavy (non-hydrogen) atoms. The molecule has 148 valence electrons. The number of benzene rings is 2. The van der Waals surface area contributed by atoms with Gasteiger partial charge in [-0.05, 0) is 24.1 Å². The van der Waals surface area contributed by atoms with Crippen molar-refractivity contribution in [1.29, 1.82) is 0 Å². The van der Waals surface area contributed by atoms with E-state index in [9.17, 15) is 9.59 Å². The van der Waals surface area contributed by atoms with Gasteiger partial charge in [0.1, 0.15) is 0 Å². The van der Waals surface area contributed by atoms with Crippen molar-refractivity contribution in [3.63, 3.8) is 0 Å². The molecule has 2 N–H and O–H groups in total. The normalized spacial score (nSPS) is 19.5. The van der Waals surface area contributed by atoms with Crippen LogP contribution in [0.2, 0.25) is 0 Å². The maximum absolute atomic E-state index is 13.0. The zero-order chi connectivity index (χ0) is 19.8. The topological polar surface area (TPSA) is 61.4 Å². The van der Waals surface area contributed by atoms with Crippen LogP contribution in [0, 0.1) is 5.92 Å². The maximum atomic E-state index is 13.0. The third kappa shape index (κ3) is 4.98. The lowest BCUT2D eigenvalue weighted by atomic mass is 9.83. The van der Waals surface area contributed by atoms with Gasteiger partial charge in [0.25, 0.3) is 0 Å². The van der Waals surface area contributed by atoms with Gasteiger partial charge in [-0.3, -0.25) is 9.59 Å². The highest BCUT2D eigenvalue weighted by Crippen LogP contribution is 2.37. The van der Waals surface area contributed by atoms with Gasteiger partial charge < -0.3 is 15.5 Å². The van der Waals surface area contributed by atoms with Gasteiger partial charge in [-0.1, -0.05) is 67.6 Å². The molecule has 1 aliphatic heterocycles. The average molecular weight is 380 g/mol. The van der Waals surface area contributed by atoms with Crippen LogP contribution in [0.3, 0.4) is 0 Å². The molecule has 1 heterocycles. The Morgan fingerprint density at radius 1 is 1.04 bits per heavy atom. The van der Waals surface area contributed by atoms with Gasteiger partial charge in [-0.2, -0.15) is 0 Å². The number of nitrogens with one attached hydrogen (secondary N) is 2. The number of carbonyl (C=O) groups is 2. The smallest absolute Gasteiger partial charge is 0.225 e. The molecule has 2 aromatic rings. The number of nitrogens with zero attached hydrogens (tertiary/aromatic N) is 1. The zero-order valence-corrected chi connectivity index (χ0v) is 16.4. The number of likely N-dealkylation sites (tertiary alicyclic amines) is 1. The number of hydrogen-bond donors (Lipinski definition) is 2. The van der Waals surface area contributed by atoms with E-state index < -0.39 is 0 Å². The van der Waals surface area contributed by atoms with Gasteiger partial charge in [0, 0.05) is 26.1 Å². The Morgan fingerprint density at radius 3 is 2.39 bits per heavy atom. The fourth-order valence-electron chi connectivity index (χ4n) is 3.84. The van der Waals surface area contributed by atoms with E-state index in [1.807, 2.05) is 72.5 Å². The predicted molar refractivity (Wildman–Crippen MR) is 110 cm³/mol. The summed E-state index contributed by atoms with van der Waals surface area (Å²) in [5.74, 6) is -0.114. The Bertz CT molecular complexity index is 764. The van der Waals surface area contributed by atoms with E-state index in [1.54, 1.807) is 0 Å². The summed E-state index contributed by atoms with van der Waals surface area (Å²) in [4.78, 5) is 27.7. The molecule has 5 nitrogen and oxygen atoms in total. The summed E-state index contributed by atoms with van der Waals surface area (Å²) < 4.78 is 0. The lowest BCUT2D eigenvalue weighted by Gasteiger charge is -2.41. The SMILES string of the molecule is CCNCCNC(=O)C1CCC(=O)N(Cc2ccccc2)C1c1ccccc1. The summed E-state index contributed by atoms with van der Waals surface area (Å²) in [6.45, 7) is 4.78. The number of carbonyl (C=O) groups excluding carboxylic acids is 2. The molecule has 0 aliphatic carbocycles. The molecule has 0 spiro atoms. The highest BCUT2D eigenvalue weighted by molar-refractivity contribution is 5.85. The molecule has 0 saturated carbocycles. The van der Waals surface area contributed by atoms with Crippen molar-refractivity contribution in [1.82, 2.24) is 15.5 Å². The molecule has 2 aromatic carbocycles. The molecular weight excluding hydrogens is 350 g/mol. The first kappa shape index (κ1) is 20.1. The highest BCUT2D eigenvalue weighted by atomic mass is 16.2. The predicted octanol–water partition coefficient (Wildman–Crippen LogP) is 2.89. The van der Waals surface area contributed by atoms with Crippen LogP contribution in [0.15, 0.2) is 60.7 Å². The van der Waals surface area contributed by atoms with Gasteiger partial charge >= 0.3 is 0 Å². The van der Waals surface area contributed by atoms with Gasteiger partial charge in [0.15, 0.2) is 0 Å². The van der Waals surface area contributed by atoms with Gasteiger partial charge in [-0.25, -0.2) is 0 Å². The minimum absolute atomic E-state index is 0.0253. The summed E-state index contributed by atoms with van der Waals surface area (Å²) in [6, 6.07) is 19.6. The maximum Gasteiger partial charge on any atom is 0.225 e. The van der Waals surface area contributed by atoms with Gasteiger partial charge in [0.05, 0.1) is 12.0 Å². The van der Waals surface area contributed by atoms with Crippen LogP contribution in [0.1, 0.15) is 36.9 Å². The summed E-state index contributed by atoms with van der Waals surface area (Å²) in [5, 5.41) is 6.27. The van der Waals surface area contributed by atoms with Crippen molar-refractivity contribution < 1.29 is 9.59 Å². The van der Waals surface area contributed by atoms with E-state index >= 15 is 0 Å². The molecule has 1 aliphatic rings. The van der Waals surface area contributed by atoms with E-state index in [1.165, 1.54) is 0 Å². The van der Waals surface area contributed by atoms with Crippen molar-refractivity contribution in [3.05, 3.63) is 71.8 Å². The number of rotatable bonds is 8. The Hall–Kier alpha value is -2.66. The van der Waals surface area contributed by atoms with Crippen LogP contribution in [-0.4, -0.2) is 36.3 Å². The molecular formula is C23H29N3O2. The summed E-state index contributed by atoms with van der Waals surface area (Å²) in [6.07, 6.45) is 0.984. The highest BCUT2D eigenvalue weighted by Gasteiger charge is 2.40. The first-order valence-electron chi connectivity index (χ1n) is 10.1. The van der Waals surface area contributed by atoms with Crippen molar-refractivity contribution in [2.24, 2.45) is 5.92 Å². The lowest BCUT2D eigenvalue weighted by Crippen LogP contribution is -2.48. The molecule has 2 unspecified atom stereocenters. The molecule has 0 aromatic heterocycles. The molecule has 2 atom stereocenters. The van der Waals surface area contributed by atoms with Crippen LogP contribution < -0.4 is 10.6 Å². The fourth-order valence-corrected chi connectivity index (χ4v) is 3.84. The third-order valence-corrected chi connectivity index (χ3v) is 5.23. The summed E-state index contributed by atoms with van der Waals surface area (Å²) >= 11 is 0. The van der Waals surface area contributed by atoms with Crippen molar-refractivity contribution in [2.75, 3.05) is 19.6 Å². The Morgan fingerprint density at radius 2 is 1.71 bits per heavy atom. The molecule has 3 rings (SSSR count). The minimum Gasteiger partial charge on any atom is -0.355 e. The molecule has 1 fully saturated rings. The lowest BCUT2D eigenvalue weighted by molar-refractivity contribution is -0.144. The van der Waals surface area contributed by atoms with Crippen molar-refractivity contribution >= 4 is 11.8 Å². The third-order valence-electron chi connectivity index (χ3n) is 5.23. The molecule has 0 bridgehead atoms. The number of hydrogen-bond acceptors (Lipinski definition) is 3. The molecule has 0 radical (unpaired) electrons. The first-order valence-corrected chi connectivity index (χ1v) is 10.1. The standard InChI is InChI=1S/C23H29N3O2/c1-2-24-15-16-25-23(28)20-13-14-21(27)26(17-18-9-5-3-6-10-18)22(20)19-11-7-4-8-12-19/h3-12,20,22,24H,2,13-17H2,1H3,(H,25,28). The fraction of sp³-hybridized carbons (Fsp3) is 0.391. The van der Waals surface area contributed by atoms with E-state index in [-0.39, 0.29) is 23.8 Å². The Balaban J connectivity index is 1.84. The first-order chi connectivity index (χ1) is 13.7. The monoisotopic (exact) mass is 379 g/mol. The minimum atomic E-state index is -0.248. The van der Waals surface area contributed by atoms with Gasteiger partial charge in [0.2, 0.25) is 11.8 Å². The largest absolute Gasteiger partial charge is 0.355 e. The van der Waals surface area contributed by atoms with Crippen molar-refractivity contribution in [3.8, 4) is 0 Å². The zero-order valence-electron chi connectivity index (χ0n) is 16.4. The molecule has 5 heteroatoms. The number of piperidine rings is 1. The van der Waals surface area contributed by atoms with Gasteiger partial charge in [-0.15, -0.1) is 0 Å². The van der Waals surface area contributed by atoms with Crippen LogP contribution in [0.5, 0.6) is 0 Å². The second-order valence-electron chi connectivity index (χ2n) is 7.15. The second kappa shape index (κ2) is 10.0. The van der Waals surface area contributed by atoms with E-state index in [4.69, 9.17) is 0 Å². The quantitative estimate of drug-likeness (QED) is 0.694.